The van der Waals surface area contributed by atoms with E-state index in [1.54, 1.807) is 0 Å². The van der Waals surface area contributed by atoms with Gasteiger partial charge in [0.2, 0.25) is 5.95 Å². The van der Waals surface area contributed by atoms with Gasteiger partial charge in [0.1, 0.15) is 5.82 Å². The highest BCUT2D eigenvalue weighted by atomic mass is 15.3. The summed E-state index contributed by atoms with van der Waals surface area (Å²) in [7, 11) is 6.09. The number of nitrogens with zero attached hydrogens (tertiary/aromatic N) is 6. The molecule has 0 amide bonds. The van der Waals surface area contributed by atoms with Crippen LogP contribution in [0, 0.1) is 0 Å². The molecule has 1 aliphatic heterocycles. The maximum absolute atomic E-state index is 4.68. The average Bonchev–Trinajstić information content (AvgIpc) is 2.67. The third-order valence-corrected chi connectivity index (χ3v) is 4.83. The second-order valence-corrected chi connectivity index (χ2v) is 6.89. The molecule has 1 unspecified atom stereocenters. The van der Waals surface area contributed by atoms with Crippen LogP contribution in [0.3, 0.4) is 0 Å². The quantitative estimate of drug-likeness (QED) is 0.802. The van der Waals surface area contributed by atoms with E-state index in [0.717, 1.165) is 31.3 Å². The van der Waals surface area contributed by atoms with Crippen LogP contribution >= 0.6 is 0 Å². The van der Waals surface area contributed by atoms with Gasteiger partial charge in [0, 0.05) is 64.8 Å². The van der Waals surface area contributed by atoms with Crippen molar-refractivity contribution < 1.29 is 0 Å². The van der Waals surface area contributed by atoms with Gasteiger partial charge in [-0.05, 0) is 37.6 Å². The Morgan fingerprint density at radius 3 is 2.76 bits per heavy atom. The molecule has 1 atom stereocenters. The van der Waals surface area contributed by atoms with Crippen molar-refractivity contribution >= 4 is 11.8 Å². The summed E-state index contributed by atoms with van der Waals surface area (Å²) in [4.78, 5) is 20.2. The Bertz CT molecular complexity index is 660. The molecule has 25 heavy (non-hydrogen) atoms. The van der Waals surface area contributed by atoms with Gasteiger partial charge in [-0.1, -0.05) is 6.07 Å². The lowest BCUT2D eigenvalue weighted by atomic mass is 10.0. The van der Waals surface area contributed by atoms with E-state index in [4.69, 9.17) is 0 Å². The summed E-state index contributed by atoms with van der Waals surface area (Å²) in [5.41, 5.74) is 1.17. The minimum Gasteiger partial charge on any atom is -0.355 e. The van der Waals surface area contributed by atoms with Crippen molar-refractivity contribution in [1.82, 2.24) is 19.9 Å². The number of aromatic nitrogens is 3. The van der Waals surface area contributed by atoms with Crippen LogP contribution in [0.25, 0.3) is 0 Å². The first-order valence-electron chi connectivity index (χ1n) is 8.99. The Labute approximate surface area is 150 Å². The van der Waals surface area contributed by atoms with E-state index in [9.17, 15) is 0 Å². The second-order valence-electron chi connectivity index (χ2n) is 6.89. The first-order valence-corrected chi connectivity index (χ1v) is 8.99. The largest absolute Gasteiger partial charge is 0.355 e. The van der Waals surface area contributed by atoms with Crippen LogP contribution in [-0.2, 0) is 6.42 Å². The Kier molecular flexibility index (Phi) is 5.81. The Hall–Kier alpha value is -2.21. The molecule has 0 spiro atoms. The zero-order valence-electron chi connectivity index (χ0n) is 15.5. The number of hydrogen-bond donors (Lipinski definition) is 0. The third-order valence-electron chi connectivity index (χ3n) is 4.83. The fourth-order valence-corrected chi connectivity index (χ4v) is 3.31. The summed E-state index contributed by atoms with van der Waals surface area (Å²) in [5.74, 6) is 1.75. The maximum Gasteiger partial charge on any atom is 0.226 e. The van der Waals surface area contributed by atoms with E-state index in [1.807, 2.05) is 43.5 Å². The van der Waals surface area contributed by atoms with Gasteiger partial charge in [-0.15, -0.1) is 0 Å². The van der Waals surface area contributed by atoms with Crippen molar-refractivity contribution in [2.24, 2.45) is 0 Å². The standard InChI is InChI=1S/C19H28N6/c1-23(2)19-21-12-9-18(22-19)24(3)17-8-6-13-25(15-17)14-10-16-7-4-5-11-20-16/h4-5,7,9,11-12,17H,6,8,10,13-15H2,1-3H3. The van der Waals surface area contributed by atoms with Crippen molar-refractivity contribution in [3.05, 3.63) is 42.4 Å². The van der Waals surface area contributed by atoms with Gasteiger partial charge in [-0.2, -0.15) is 4.98 Å². The number of pyridine rings is 1. The first-order chi connectivity index (χ1) is 12.1. The number of likely N-dealkylation sites (tertiary alicyclic amines) is 1. The molecular formula is C19H28N6. The number of likely N-dealkylation sites (N-methyl/N-ethyl adjacent to an activating group) is 1. The molecule has 2 aromatic heterocycles. The molecule has 0 saturated carbocycles. The highest BCUT2D eigenvalue weighted by molar-refractivity contribution is 5.43. The predicted octanol–water partition coefficient (Wildman–Crippen LogP) is 2.08. The number of rotatable bonds is 6. The highest BCUT2D eigenvalue weighted by Crippen LogP contribution is 2.21. The van der Waals surface area contributed by atoms with Gasteiger partial charge in [0.25, 0.3) is 0 Å². The van der Waals surface area contributed by atoms with E-state index in [2.05, 4.69) is 43.9 Å². The van der Waals surface area contributed by atoms with Crippen LogP contribution in [0.4, 0.5) is 11.8 Å². The molecule has 0 N–H and O–H groups in total. The molecule has 2 aromatic rings. The molecule has 6 nitrogen and oxygen atoms in total. The van der Waals surface area contributed by atoms with Crippen LogP contribution in [-0.4, -0.2) is 66.7 Å². The fraction of sp³-hybridized carbons (Fsp3) is 0.526. The normalized spacial score (nSPS) is 18.1. The summed E-state index contributed by atoms with van der Waals surface area (Å²) in [6.07, 6.45) is 7.16. The molecule has 0 aliphatic carbocycles. The Morgan fingerprint density at radius 2 is 2.00 bits per heavy atom. The summed E-state index contributed by atoms with van der Waals surface area (Å²) < 4.78 is 0. The molecule has 6 heteroatoms. The van der Waals surface area contributed by atoms with Crippen LogP contribution in [0.1, 0.15) is 18.5 Å². The molecular weight excluding hydrogens is 312 g/mol. The van der Waals surface area contributed by atoms with E-state index in [-0.39, 0.29) is 0 Å². The monoisotopic (exact) mass is 340 g/mol. The molecule has 0 aromatic carbocycles. The number of anilines is 2. The second kappa shape index (κ2) is 8.25. The SMILES string of the molecule is CN(C)c1nccc(N(C)C2CCCN(CCc3ccccn3)C2)n1. The fourth-order valence-electron chi connectivity index (χ4n) is 3.31. The van der Waals surface area contributed by atoms with Gasteiger partial charge in [-0.3, -0.25) is 4.98 Å². The zero-order chi connectivity index (χ0) is 17.6. The van der Waals surface area contributed by atoms with E-state index in [1.165, 1.54) is 25.1 Å². The third kappa shape index (κ3) is 4.66. The topological polar surface area (TPSA) is 48.4 Å². The van der Waals surface area contributed by atoms with Gasteiger partial charge in [-0.25, -0.2) is 4.98 Å². The summed E-state index contributed by atoms with van der Waals surface area (Å²) in [6, 6.07) is 8.63. The van der Waals surface area contributed by atoms with Crippen molar-refractivity contribution in [1.29, 1.82) is 0 Å². The van der Waals surface area contributed by atoms with Gasteiger partial charge >= 0.3 is 0 Å². The van der Waals surface area contributed by atoms with Crippen LogP contribution in [0.2, 0.25) is 0 Å². The lowest BCUT2D eigenvalue weighted by Gasteiger charge is -2.38. The molecule has 0 radical (unpaired) electrons. The van der Waals surface area contributed by atoms with E-state index in [0.29, 0.717) is 6.04 Å². The zero-order valence-corrected chi connectivity index (χ0v) is 15.5. The predicted molar refractivity (Wildman–Crippen MR) is 102 cm³/mol. The van der Waals surface area contributed by atoms with Crippen LogP contribution in [0.5, 0.6) is 0 Å². The summed E-state index contributed by atoms with van der Waals surface area (Å²) in [6.45, 7) is 3.31. The van der Waals surface area contributed by atoms with Gasteiger partial charge < -0.3 is 14.7 Å². The number of piperidine rings is 1. The summed E-state index contributed by atoms with van der Waals surface area (Å²) in [5, 5.41) is 0. The van der Waals surface area contributed by atoms with Crippen LogP contribution < -0.4 is 9.80 Å². The highest BCUT2D eigenvalue weighted by Gasteiger charge is 2.24. The molecule has 1 fully saturated rings. The lowest BCUT2D eigenvalue weighted by molar-refractivity contribution is 0.207. The van der Waals surface area contributed by atoms with Crippen molar-refractivity contribution in [3.63, 3.8) is 0 Å². The maximum atomic E-state index is 4.68. The van der Waals surface area contributed by atoms with E-state index < -0.39 is 0 Å². The average molecular weight is 340 g/mol. The van der Waals surface area contributed by atoms with Crippen LogP contribution in [0.15, 0.2) is 36.7 Å². The molecule has 0 bridgehead atoms. The minimum absolute atomic E-state index is 0.488. The van der Waals surface area contributed by atoms with Gasteiger partial charge in [0.05, 0.1) is 0 Å². The molecule has 1 aliphatic rings. The number of hydrogen-bond acceptors (Lipinski definition) is 6. The first kappa shape index (κ1) is 17.6. The molecule has 3 rings (SSSR count). The molecule has 134 valence electrons. The van der Waals surface area contributed by atoms with Gasteiger partial charge in [0.15, 0.2) is 0 Å². The van der Waals surface area contributed by atoms with Crippen molar-refractivity contribution in [2.75, 3.05) is 50.6 Å². The Morgan fingerprint density at radius 1 is 1.12 bits per heavy atom. The van der Waals surface area contributed by atoms with Crippen molar-refractivity contribution in [2.45, 2.75) is 25.3 Å². The van der Waals surface area contributed by atoms with Crippen molar-refractivity contribution in [3.8, 4) is 0 Å². The smallest absolute Gasteiger partial charge is 0.226 e. The molecule has 1 saturated heterocycles. The minimum atomic E-state index is 0.488. The van der Waals surface area contributed by atoms with E-state index >= 15 is 0 Å². The lowest BCUT2D eigenvalue weighted by Crippen LogP contribution is -2.47. The Balaban J connectivity index is 1.59. The molecule has 3 heterocycles. The summed E-state index contributed by atoms with van der Waals surface area (Å²) >= 11 is 0.